The van der Waals surface area contributed by atoms with Crippen LogP contribution in [0.1, 0.15) is 20.3 Å². The monoisotopic (exact) mass is 200 g/mol. The average Bonchev–Trinajstić information content (AvgIpc) is 2.04. The molecule has 0 saturated carbocycles. The lowest BCUT2D eigenvalue weighted by Crippen LogP contribution is -2.01. The van der Waals surface area contributed by atoms with Gasteiger partial charge in [0, 0.05) is 11.6 Å². The van der Waals surface area contributed by atoms with Gasteiger partial charge in [-0.05, 0) is 12.3 Å². The van der Waals surface area contributed by atoms with Crippen molar-refractivity contribution in [2.75, 3.05) is 0 Å². The molecule has 0 rings (SSSR count). The van der Waals surface area contributed by atoms with Gasteiger partial charge in [-0.25, -0.2) is 9.59 Å². The van der Waals surface area contributed by atoms with E-state index in [4.69, 9.17) is 10.2 Å². The maximum atomic E-state index is 10.1. The first-order valence-corrected chi connectivity index (χ1v) is 4.07. The average molecular weight is 200 g/mol. The number of carbonyl (C=O) groups is 2. The second kappa shape index (κ2) is 8.04. The van der Waals surface area contributed by atoms with Crippen molar-refractivity contribution in [3.8, 4) is 0 Å². The number of carboxylic acids is 2. The Morgan fingerprint density at radius 1 is 1.36 bits per heavy atom. The van der Waals surface area contributed by atoms with Gasteiger partial charge >= 0.3 is 11.9 Å². The molecule has 80 valence electrons. The predicted octanol–water partition coefficient (Wildman–Crippen LogP) is 1.93. The van der Waals surface area contributed by atoms with Crippen LogP contribution in [0.4, 0.5) is 0 Å². The summed E-state index contributed by atoms with van der Waals surface area (Å²) in [5.41, 5.74) is 0.296. The summed E-state index contributed by atoms with van der Waals surface area (Å²) in [5, 5.41) is 15.9. The number of hydrogen-bond donors (Lipinski definition) is 2. The van der Waals surface area contributed by atoms with Gasteiger partial charge < -0.3 is 10.2 Å². The molecule has 0 aliphatic carbocycles. The van der Waals surface area contributed by atoms with E-state index in [0.29, 0.717) is 17.9 Å². The molecule has 0 spiro atoms. The van der Waals surface area contributed by atoms with Crippen LogP contribution in [-0.2, 0) is 9.59 Å². The molecule has 0 aromatic carbocycles. The summed E-state index contributed by atoms with van der Waals surface area (Å²) in [4.78, 5) is 19.4. The molecule has 4 heteroatoms. The van der Waals surface area contributed by atoms with Crippen molar-refractivity contribution in [3.63, 3.8) is 0 Å². The SMILES string of the molecule is C=C(CC(C)C)C(=O)O.C=CC(=O)O. The number of carboxylic acid groups (broad SMARTS) is 2. The molecule has 0 fully saturated rings. The first kappa shape index (κ1) is 14.9. The molecule has 0 aromatic heterocycles. The van der Waals surface area contributed by atoms with Gasteiger partial charge in [-0.1, -0.05) is 27.0 Å². The van der Waals surface area contributed by atoms with E-state index in [1.807, 2.05) is 13.8 Å². The van der Waals surface area contributed by atoms with Gasteiger partial charge in [-0.15, -0.1) is 0 Å². The van der Waals surface area contributed by atoms with E-state index in [2.05, 4.69) is 13.2 Å². The summed E-state index contributed by atoms with van der Waals surface area (Å²) in [5.74, 6) is -1.48. The number of hydrogen-bond acceptors (Lipinski definition) is 2. The molecule has 0 amide bonds. The van der Waals surface area contributed by atoms with E-state index in [9.17, 15) is 9.59 Å². The molecule has 0 radical (unpaired) electrons. The highest BCUT2D eigenvalue weighted by Crippen LogP contribution is 2.07. The highest BCUT2D eigenvalue weighted by molar-refractivity contribution is 5.85. The lowest BCUT2D eigenvalue weighted by Gasteiger charge is -2.01. The van der Waals surface area contributed by atoms with E-state index < -0.39 is 11.9 Å². The van der Waals surface area contributed by atoms with Crippen LogP contribution >= 0.6 is 0 Å². The Hall–Kier alpha value is -1.58. The van der Waals surface area contributed by atoms with Crippen molar-refractivity contribution >= 4 is 11.9 Å². The minimum atomic E-state index is -0.981. The molecule has 0 saturated heterocycles. The molecule has 4 nitrogen and oxygen atoms in total. The van der Waals surface area contributed by atoms with Gasteiger partial charge in [0.15, 0.2) is 0 Å². The van der Waals surface area contributed by atoms with E-state index in [1.54, 1.807) is 0 Å². The molecular weight excluding hydrogens is 184 g/mol. The molecule has 0 aliphatic heterocycles. The maximum absolute atomic E-state index is 10.1. The summed E-state index contributed by atoms with van der Waals surface area (Å²) >= 11 is 0. The Labute approximate surface area is 83.6 Å². The fourth-order valence-corrected chi connectivity index (χ4v) is 0.580. The molecule has 0 atom stereocenters. The molecule has 0 aliphatic rings. The third-order valence-corrected chi connectivity index (χ3v) is 1.13. The van der Waals surface area contributed by atoms with Crippen LogP contribution in [0.25, 0.3) is 0 Å². The van der Waals surface area contributed by atoms with Crippen LogP contribution in [0.15, 0.2) is 24.8 Å². The van der Waals surface area contributed by atoms with Gasteiger partial charge in [-0.2, -0.15) is 0 Å². The zero-order valence-electron chi connectivity index (χ0n) is 8.49. The minimum Gasteiger partial charge on any atom is -0.478 e. The van der Waals surface area contributed by atoms with Crippen molar-refractivity contribution < 1.29 is 19.8 Å². The van der Waals surface area contributed by atoms with Crippen LogP contribution in [-0.4, -0.2) is 22.2 Å². The van der Waals surface area contributed by atoms with Gasteiger partial charge in [-0.3, -0.25) is 0 Å². The Kier molecular flexibility index (Phi) is 8.57. The van der Waals surface area contributed by atoms with Crippen molar-refractivity contribution in [2.24, 2.45) is 5.92 Å². The van der Waals surface area contributed by atoms with Crippen LogP contribution in [0.2, 0.25) is 0 Å². The van der Waals surface area contributed by atoms with E-state index in [0.717, 1.165) is 6.08 Å². The Balaban J connectivity index is 0. The van der Waals surface area contributed by atoms with E-state index >= 15 is 0 Å². The first-order valence-electron chi connectivity index (χ1n) is 4.07. The van der Waals surface area contributed by atoms with Gasteiger partial charge in [0.05, 0.1) is 0 Å². The van der Waals surface area contributed by atoms with Crippen molar-refractivity contribution in [1.29, 1.82) is 0 Å². The highest BCUT2D eigenvalue weighted by atomic mass is 16.4. The van der Waals surface area contributed by atoms with Crippen LogP contribution in [0.3, 0.4) is 0 Å². The van der Waals surface area contributed by atoms with Gasteiger partial charge in [0.2, 0.25) is 0 Å². The van der Waals surface area contributed by atoms with E-state index in [1.165, 1.54) is 0 Å². The molecule has 0 unspecified atom stereocenters. The van der Waals surface area contributed by atoms with Crippen molar-refractivity contribution in [2.45, 2.75) is 20.3 Å². The third kappa shape index (κ3) is 13.0. The molecule has 0 bridgehead atoms. The fraction of sp³-hybridized carbons (Fsp3) is 0.400. The topological polar surface area (TPSA) is 74.6 Å². The quantitative estimate of drug-likeness (QED) is 0.680. The Morgan fingerprint density at radius 3 is 1.79 bits per heavy atom. The molecule has 14 heavy (non-hydrogen) atoms. The smallest absolute Gasteiger partial charge is 0.330 e. The molecule has 2 N–H and O–H groups in total. The van der Waals surface area contributed by atoms with Crippen molar-refractivity contribution in [3.05, 3.63) is 24.8 Å². The molecular formula is C10H16O4. The normalized spacial score (nSPS) is 8.50. The van der Waals surface area contributed by atoms with Crippen LogP contribution in [0.5, 0.6) is 0 Å². The standard InChI is InChI=1S/C7H12O2.C3H4O2/c1-5(2)4-6(3)7(8)9;1-2-3(4)5/h5H,3-4H2,1-2H3,(H,8,9);2H,1H2,(H,4,5). The lowest BCUT2D eigenvalue weighted by molar-refractivity contribution is -0.133. The Morgan fingerprint density at radius 2 is 1.71 bits per heavy atom. The van der Waals surface area contributed by atoms with Gasteiger partial charge in [0.25, 0.3) is 0 Å². The summed E-state index contributed by atoms with van der Waals surface area (Å²) in [6.07, 6.45) is 1.41. The zero-order chi connectivity index (χ0) is 11.7. The summed E-state index contributed by atoms with van der Waals surface area (Å²) in [6.45, 7) is 10.3. The lowest BCUT2D eigenvalue weighted by atomic mass is 10.1. The predicted molar refractivity (Wildman–Crippen MR) is 54.1 cm³/mol. The van der Waals surface area contributed by atoms with E-state index in [-0.39, 0.29) is 0 Å². The number of rotatable bonds is 4. The highest BCUT2D eigenvalue weighted by Gasteiger charge is 2.04. The van der Waals surface area contributed by atoms with Crippen LogP contribution < -0.4 is 0 Å². The van der Waals surface area contributed by atoms with Gasteiger partial charge in [0.1, 0.15) is 0 Å². The summed E-state index contributed by atoms with van der Waals surface area (Å²) < 4.78 is 0. The largest absolute Gasteiger partial charge is 0.478 e. The second-order valence-corrected chi connectivity index (χ2v) is 3.05. The van der Waals surface area contributed by atoms with Crippen molar-refractivity contribution in [1.82, 2.24) is 0 Å². The maximum Gasteiger partial charge on any atom is 0.330 e. The minimum absolute atomic E-state index is 0.296. The molecule has 0 aromatic rings. The summed E-state index contributed by atoms with van der Waals surface area (Å²) in [6, 6.07) is 0. The zero-order valence-corrected chi connectivity index (χ0v) is 8.49. The molecule has 0 heterocycles. The first-order chi connectivity index (χ1) is 6.31. The fourth-order valence-electron chi connectivity index (χ4n) is 0.580. The second-order valence-electron chi connectivity index (χ2n) is 3.05. The van der Waals surface area contributed by atoms with Crippen LogP contribution in [0, 0.1) is 5.92 Å². The summed E-state index contributed by atoms with van der Waals surface area (Å²) in [7, 11) is 0. The number of aliphatic carboxylic acids is 2. The third-order valence-electron chi connectivity index (χ3n) is 1.13. The Bertz CT molecular complexity index is 228.